The van der Waals surface area contributed by atoms with Crippen LogP contribution in [-0.4, -0.2) is 54.4 Å². The second-order valence-corrected chi connectivity index (χ2v) is 7.00. The summed E-state index contributed by atoms with van der Waals surface area (Å²) in [5.41, 5.74) is 0.0264. The molecule has 0 aromatic heterocycles. The normalized spacial score (nSPS) is 25.8. The predicted molar refractivity (Wildman–Crippen MR) is 88.9 cm³/mol. The zero-order valence-electron chi connectivity index (χ0n) is 14.2. The number of rotatable bonds is 7. The Balaban J connectivity index is 1.80. The van der Waals surface area contributed by atoms with Crippen LogP contribution in [0.4, 0.5) is 4.79 Å². The summed E-state index contributed by atoms with van der Waals surface area (Å²) in [7, 11) is 0. The van der Waals surface area contributed by atoms with E-state index in [1.807, 2.05) is 0 Å². The molecule has 22 heavy (non-hydrogen) atoms. The van der Waals surface area contributed by atoms with Gasteiger partial charge in [0, 0.05) is 31.8 Å². The van der Waals surface area contributed by atoms with Gasteiger partial charge in [0.15, 0.2) is 0 Å². The average Bonchev–Trinajstić information content (AvgIpc) is 2.95. The fourth-order valence-electron chi connectivity index (χ4n) is 4.08. The summed E-state index contributed by atoms with van der Waals surface area (Å²) < 4.78 is 0. The number of nitrogens with zero attached hydrogens (tertiary/aromatic N) is 1. The molecular formula is C17H33N3O2. The lowest BCUT2D eigenvalue weighted by atomic mass is 9.79. The number of fused-ring (bicyclic) bond motifs is 1. The Morgan fingerprint density at radius 1 is 1.23 bits per heavy atom. The van der Waals surface area contributed by atoms with Crippen molar-refractivity contribution in [2.24, 2.45) is 5.41 Å². The Morgan fingerprint density at radius 3 is 2.68 bits per heavy atom. The Morgan fingerprint density at radius 2 is 2.00 bits per heavy atom. The summed E-state index contributed by atoms with van der Waals surface area (Å²) in [6.45, 7) is 7.41. The summed E-state index contributed by atoms with van der Waals surface area (Å²) in [4.78, 5) is 14.8. The number of aliphatic hydroxyl groups excluding tert-OH is 1. The Labute approximate surface area is 134 Å². The topological polar surface area (TPSA) is 64.6 Å². The van der Waals surface area contributed by atoms with Crippen LogP contribution in [0.25, 0.3) is 0 Å². The minimum absolute atomic E-state index is 0.0264. The molecule has 0 bridgehead atoms. The van der Waals surface area contributed by atoms with Gasteiger partial charge in [-0.25, -0.2) is 4.79 Å². The number of carbonyl (C=O) groups excluding carboxylic acids is 1. The van der Waals surface area contributed by atoms with Crippen molar-refractivity contribution in [2.45, 2.75) is 70.9 Å². The van der Waals surface area contributed by atoms with Gasteiger partial charge in [-0.05, 0) is 50.5 Å². The first-order valence-corrected chi connectivity index (χ1v) is 9.03. The minimum atomic E-state index is -0.0401. The number of nitrogens with one attached hydrogen (secondary N) is 2. The van der Waals surface area contributed by atoms with Crippen LogP contribution in [0.1, 0.15) is 58.8 Å². The lowest BCUT2D eigenvalue weighted by molar-refractivity contribution is 0.159. The van der Waals surface area contributed by atoms with Gasteiger partial charge in [0.05, 0.1) is 0 Å². The van der Waals surface area contributed by atoms with Crippen molar-refractivity contribution in [3.05, 3.63) is 0 Å². The van der Waals surface area contributed by atoms with Gasteiger partial charge in [-0.1, -0.05) is 20.3 Å². The zero-order chi connectivity index (χ0) is 16.0. The van der Waals surface area contributed by atoms with Gasteiger partial charge in [0.1, 0.15) is 0 Å². The van der Waals surface area contributed by atoms with E-state index >= 15 is 0 Å². The lowest BCUT2D eigenvalue weighted by Crippen LogP contribution is -2.51. The van der Waals surface area contributed by atoms with Crippen LogP contribution in [-0.2, 0) is 0 Å². The molecule has 2 atom stereocenters. The van der Waals surface area contributed by atoms with Crippen molar-refractivity contribution in [1.82, 2.24) is 15.5 Å². The number of hydrogen-bond acceptors (Lipinski definition) is 3. The highest BCUT2D eigenvalue weighted by molar-refractivity contribution is 5.74. The fourth-order valence-corrected chi connectivity index (χ4v) is 4.08. The molecule has 0 spiro atoms. The molecule has 0 saturated carbocycles. The molecule has 128 valence electrons. The SMILES string of the molecule is CCC(CC)(CCO)CNC(=O)NC1CCN2CCCCC12. The molecule has 5 nitrogen and oxygen atoms in total. The van der Waals surface area contributed by atoms with E-state index in [-0.39, 0.29) is 18.1 Å². The third-order valence-electron chi connectivity index (χ3n) is 5.94. The smallest absolute Gasteiger partial charge is 0.315 e. The molecule has 5 heteroatoms. The molecule has 2 unspecified atom stereocenters. The van der Waals surface area contributed by atoms with Crippen molar-refractivity contribution in [3.63, 3.8) is 0 Å². The molecular weight excluding hydrogens is 278 g/mol. The third-order valence-corrected chi connectivity index (χ3v) is 5.94. The standard InChI is InChI=1S/C17H33N3O2/c1-3-17(4-2,9-12-21)13-18-16(22)19-14-8-11-20-10-6-5-7-15(14)20/h14-15,21H,3-13H2,1-2H3,(H2,18,19,22). The summed E-state index contributed by atoms with van der Waals surface area (Å²) in [5.74, 6) is 0. The summed E-state index contributed by atoms with van der Waals surface area (Å²) in [6, 6.07) is 0.802. The van der Waals surface area contributed by atoms with Crippen LogP contribution in [0.2, 0.25) is 0 Å². The molecule has 2 rings (SSSR count). The molecule has 2 amide bonds. The zero-order valence-corrected chi connectivity index (χ0v) is 14.2. The van der Waals surface area contributed by atoms with Gasteiger partial charge in [-0.15, -0.1) is 0 Å². The fraction of sp³-hybridized carbons (Fsp3) is 0.941. The molecule has 0 aliphatic carbocycles. The second-order valence-electron chi connectivity index (χ2n) is 7.00. The molecule has 0 aromatic carbocycles. The molecule has 2 heterocycles. The first-order valence-electron chi connectivity index (χ1n) is 9.03. The molecule has 0 radical (unpaired) electrons. The van der Waals surface area contributed by atoms with Crippen LogP contribution in [0, 0.1) is 5.41 Å². The van der Waals surface area contributed by atoms with Crippen LogP contribution in [0.3, 0.4) is 0 Å². The van der Waals surface area contributed by atoms with Crippen molar-refractivity contribution in [3.8, 4) is 0 Å². The van der Waals surface area contributed by atoms with E-state index in [9.17, 15) is 9.90 Å². The monoisotopic (exact) mass is 311 g/mol. The van der Waals surface area contributed by atoms with E-state index < -0.39 is 0 Å². The molecule has 2 fully saturated rings. The van der Waals surface area contributed by atoms with Crippen LogP contribution in [0.5, 0.6) is 0 Å². The van der Waals surface area contributed by atoms with E-state index in [2.05, 4.69) is 29.4 Å². The number of aliphatic hydroxyl groups is 1. The number of amides is 2. The van der Waals surface area contributed by atoms with Crippen molar-refractivity contribution >= 4 is 6.03 Å². The number of piperidine rings is 1. The largest absolute Gasteiger partial charge is 0.396 e. The van der Waals surface area contributed by atoms with E-state index in [4.69, 9.17) is 0 Å². The van der Waals surface area contributed by atoms with Gasteiger partial charge in [-0.3, -0.25) is 4.90 Å². The number of urea groups is 1. The quantitative estimate of drug-likeness (QED) is 0.674. The Hall–Kier alpha value is -0.810. The van der Waals surface area contributed by atoms with E-state index in [1.54, 1.807) is 0 Å². The van der Waals surface area contributed by atoms with Gasteiger partial charge >= 0.3 is 6.03 Å². The highest BCUT2D eigenvalue weighted by atomic mass is 16.3. The summed E-state index contributed by atoms with van der Waals surface area (Å²) in [6.07, 6.45) is 7.57. The highest BCUT2D eigenvalue weighted by Gasteiger charge is 2.36. The Bertz CT molecular complexity index is 358. The molecule has 2 aliphatic heterocycles. The maximum atomic E-state index is 12.3. The summed E-state index contributed by atoms with van der Waals surface area (Å²) in [5, 5.41) is 15.5. The van der Waals surface area contributed by atoms with Crippen molar-refractivity contribution < 1.29 is 9.90 Å². The first-order chi connectivity index (χ1) is 10.6. The summed E-state index contributed by atoms with van der Waals surface area (Å²) >= 11 is 0. The maximum Gasteiger partial charge on any atom is 0.315 e. The number of carbonyl (C=O) groups is 1. The molecule has 3 N–H and O–H groups in total. The Kier molecular flexibility index (Phi) is 6.50. The third kappa shape index (κ3) is 4.13. The van der Waals surface area contributed by atoms with Gasteiger partial charge in [-0.2, -0.15) is 0 Å². The second kappa shape index (κ2) is 8.16. The van der Waals surface area contributed by atoms with E-state index in [0.29, 0.717) is 18.6 Å². The van der Waals surface area contributed by atoms with Gasteiger partial charge in [0.25, 0.3) is 0 Å². The maximum absolute atomic E-state index is 12.3. The van der Waals surface area contributed by atoms with Crippen molar-refractivity contribution in [1.29, 1.82) is 0 Å². The number of hydrogen-bond donors (Lipinski definition) is 3. The lowest BCUT2D eigenvalue weighted by Gasteiger charge is -2.33. The van der Waals surface area contributed by atoms with Crippen LogP contribution in [0.15, 0.2) is 0 Å². The van der Waals surface area contributed by atoms with E-state index in [1.165, 1.54) is 25.8 Å². The van der Waals surface area contributed by atoms with Gasteiger partial charge in [0.2, 0.25) is 0 Å². The molecule has 2 aliphatic rings. The minimum Gasteiger partial charge on any atom is -0.396 e. The van der Waals surface area contributed by atoms with E-state index in [0.717, 1.165) is 32.2 Å². The van der Waals surface area contributed by atoms with Crippen LogP contribution < -0.4 is 10.6 Å². The predicted octanol–water partition coefficient (Wildman–Crippen LogP) is 2.10. The van der Waals surface area contributed by atoms with Gasteiger partial charge < -0.3 is 15.7 Å². The molecule has 0 aromatic rings. The molecule has 2 saturated heterocycles. The first kappa shape index (κ1) is 17.5. The van der Waals surface area contributed by atoms with Crippen LogP contribution >= 0.6 is 0 Å². The van der Waals surface area contributed by atoms with Crippen molar-refractivity contribution in [2.75, 3.05) is 26.2 Å². The average molecular weight is 311 g/mol. The highest BCUT2D eigenvalue weighted by Crippen LogP contribution is 2.29.